The van der Waals surface area contributed by atoms with Crippen molar-refractivity contribution in [1.82, 2.24) is 24.9 Å². The third-order valence-corrected chi connectivity index (χ3v) is 6.49. The van der Waals surface area contributed by atoms with Crippen molar-refractivity contribution in [3.63, 3.8) is 0 Å². The number of piperazine rings is 1. The molecule has 3 heterocycles. The van der Waals surface area contributed by atoms with Gasteiger partial charge in [-0.05, 0) is 19.1 Å². The lowest BCUT2D eigenvalue weighted by Gasteiger charge is -2.40. The fourth-order valence-corrected chi connectivity index (χ4v) is 4.64. The van der Waals surface area contributed by atoms with E-state index >= 15 is 0 Å². The number of fused-ring (bicyclic) bond motifs is 1. The Labute approximate surface area is 180 Å². The van der Waals surface area contributed by atoms with Crippen molar-refractivity contribution in [2.24, 2.45) is 4.99 Å². The van der Waals surface area contributed by atoms with Crippen molar-refractivity contribution in [2.75, 3.05) is 39.8 Å². The SMILES string of the molecule is CCN1C(N2CCN(Cc3c(Cl)cccc3Cl)CC2)=NC2C1C(=O)NC(=O)N2C. The van der Waals surface area contributed by atoms with E-state index in [4.69, 9.17) is 28.2 Å². The molecule has 3 aliphatic rings. The lowest BCUT2D eigenvalue weighted by Crippen LogP contribution is -2.64. The number of carbonyl (C=O) groups excluding carboxylic acids is 2. The van der Waals surface area contributed by atoms with E-state index in [9.17, 15) is 9.59 Å². The van der Waals surface area contributed by atoms with Gasteiger partial charge in [0, 0.05) is 61.9 Å². The molecular weight excluding hydrogens is 415 g/mol. The second-order valence-electron chi connectivity index (χ2n) is 7.44. The molecule has 2 unspecified atom stereocenters. The number of aliphatic imine (C=N–C) groups is 1. The van der Waals surface area contributed by atoms with E-state index in [0.29, 0.717) is 23.1 Å². The summed E-state index contributed by atoms with van der Waals surface area (Å²) < 4.78 is 0. The summed E-state index contributed by atoms with van der Waals surface area (Å²) >= 11 is 12.6. The molecule has 156 valence electrons. The molecule has 2 saturated heterocycles. The predicted octanol–water partition coefficient (Wildman–Crippen LogP) is 1.68. The van der Waals surface area contributed by atoms with Crippen LogP contribution in [-0.4, -0.2) is 89.5 Å². The molecule has 2 atom stereocenters. The molecule has 29 heavy (non-hydrogen) atoms. The minimum atomic E-state index is -0.480. The molecule has 0 aliphatic carbocycles. The summed E-state index contributed by atoms with van der Waals surface area (Å²) in [6, 6.07) is 4.68. The first kappa shape index (κ1) is 20.3. The average molecular weight is 439 g/mol. The minimum Gasteiger partial charge on any atom is -0.340 e. The zero-order valence-electron chi connectivity index (χ0n) is 16.4. The molecule has 0 bridgehead atoms. The van der Waals surface area contributed by atoms with E-state index in [1.165, 1.54) is 4.90 Å². The second kappa shape index (κ2) is 8.01. The number of hydrogen-bond donors (Lipinski definition) is 1. The summed E-state index contributed by atoms with van der Waals surface area (Å²) in [5.74, 6) is 0.500. The van der Waals surface area contributed by atoms with Crippen molar-refractivity contribution in [2.45, 2.75) is 25.7 Å². The first-order chi connectivity index (χ1) is 13.9. The van der Waals surface area contributed by atoms with Gasteiger partial charge in [0.05, 0.1) is 0 Å². The summed E-state index contributed by atoms with van der Waals surface area (Å²) in [7, 11) is 1.67. The fraction of sp³-hybridized carbons (Fsp3) is 0.526. The normalized spacial score (nSPS) is 25.2. The summed E-state index contributed by atoms with van der Waals surface area (Å²) in [4.78, 5) is 37.1. The molecule has 4 rings (SSSR count). The maximum Gasteiger partial charge on any atom is 0.325 e. The lowest BCUT2D eigenvalue weighted by atomic mass is 10.1. The van der Waals surface area contributed by atoms with Crippen molar-refractivity contribution in [1.29, 1.82) is 0 Å². The fourth-order valence-electron chi connectivity index (χ4n) is 4.13. The van der Waals surface area contributed by atoms with Crippen LogP contribution in [0.3, 0.4) is 0 Å². The van der Waals surface area contributed by atoms with Crippen LogP contribution in [0.5, 0.6) is 0 Å². The average Bonchev–Trinajstić information content (AvgIpc) is 3.10. The summed E-state index contributed by atoms with van der Waals surface area (Å²) in [6.45, 7) is 6.54. The zero-order chi connectivity index (χ0) is 20.7. The van der Waals surface area contributed by atoms with Gasteiger partial charge in [0.25, 0.3) is 5.91 Å². The molecule has 2 fully saturated rings. The van der Waals surface area contributed by atoms with Crippen molar-refractivity contribution >= 4 is 41.1 Å². The molecule has 0 saturated carbocycles. The summed E-state index contributed by atoms with van der Waals surface area (Å²) in [6.07, 6.45) is -0.480. The highest BCUT2D eigenvalue weighted by Crippen LogP contribution is 2.28. The Morgan fingerprint density at radius 1 is 1.14 bits per heavy atom. The molecule has 0 radical (unpaired) electrons. The first-order valence-electron chi connectivity index (χ1n) is 9.73. The summed E-state index contributed by atoms with van der Waals surface area (Å²) in [5, 5.41) is 3.78. The van der Waals surface area contributed by atoms with Gasteiger partial charge < -0.3 is 14.7 Å². The standard InChI is InChI=1S/C19H24Cl2N6O2/c1-3-27-15-16(24(2)19(29)23-17(15)28)22-18(27)26-9-7-25(8-10-26)11-12-13(20)5-4-6-14(12)21/h4-6,15-16H,3,7-11H2,1-2H3,(H,23,28,29). The smallest absolute Gasteiger partial charge is 0.325 e. The Hall–Kier alpha value is -2.03. The Kier molecular flexibility index (Phi) is 5.59. The number of nitrogens with one attached hydrogen (secondary N) is 1. The van der Waals surface area contributed by atoms with Gasteiger partial charge >= 0.3 is 6.03 Å². The number of urea groups is 1. The zero-order valence-corrected chi connectivity index (χ0v) is 17.9. The van der Waals surface area contributed by atoms with E-state index in [2.05, 4.69) is 15.1 Å². The number of likely N-dealkylation sites (N-methyl/N-ethyl adjacent to an activating group) is 2. The van der Waals surface area contributed by atoms with E-state index in [1.54, 1.807) is 7.05 Å². The van der Waals surface area contributed by atoms with Gasteiger partial charge in [-0.25, -0.2) is 9.79 Å². The summed E-state index contributed by atoms with van der Waals surface area (Å²) in [5.41, 5.74) is 0.945. The number of rotatable bonds is 3. The topological polar surface area (TPSA) is 71.5 Å². The van der Waals surface area contributed by atoms with E-state index in [1.807, 2.05) is 30.0 Å². The monoisotopic (exact) mass is 438 g/mol. The van der Waals surface area contributed by atoms with Crippen molar-refractivity contribution in [3.8, 4) is 0 Å². The maximum atomic E-state index is 12.4. The van der Waals surface area contributed by atoms with Gasteiger partial charge in [0.1, 0.15) is 0 Å². The van der Waals surface area contributed by atoms with E-state index < -0.39 is 18.2 Å². The van der Waals surface area contributed by atoms with Gasteiger partial charge in [0.2, 0.25) is 0 Å². The van der Waals surface area contributed by atoms with Crippen molar-refractivity contribution in [3.05, 3.63) is 33.8 Å². The van der Waals surface area contributed by atoms with Gasteiger partial charge in [-0.3, -0.25) is 15.0 Å². The molecule has 0 aromatic heterocycles. The molecule has 3 aliphatic heterocycles. The number of benzene rings is 1. The third-order valence-electron chi connectivity index (χ3n) is 5.78. The van der Waals surface area contributed by atoms with Crippen LogP contribution in [0, 0.1) is 0 Å². The number of amides is 3. The molecule has 10 heteroatoms. The Morgan fingerprint density at radius 3 is 2.41 bits per heavy atom. The lowest BCUT2D eigenvalue weighted by molar-refractivity contribution is -0.127. The second-order valence-corrected chi connectivity index (χ2v) is 8.26. The van der Waals surface area contributed by atoms with E-state index in [-0.39, 0.29) is 5.91 Å². The van der Waals surface area contributed by atoms with Crippen LogP contribution in [0.1, 0.15) is 12.5 Å². The van der Waals surface area contributed by atoms with Crippen LogP contribution in [0.2, 0.25) is 10.0 Å². The largest absolute Gasteiger partial charge is 0.340 e. The van der Waals surface area contributed by atoms with Crippen LogP contribution in [0.4, 0.5) is 4.79 Å². The number of imide groups is 1. The number of halogens is 2. The quantitative estimate of drug-likeness (QED) is 0.776. The highest BCUT2D eigenvalue weighted by molar-refractivity contribution is 6.35. The van der Waals surface area contributed by atoms with Crippen molar-refractivity contribution < 1.29 is 9.59 Å². The minimum absolute atomic E-state index is 0.286. The van der Waals surface area contributed by atoms with Gasteiger partial charge in [-0.2, -0.15) is 0 Å². The Bertz CT molecular complexity index is 835. The van der Waals surface area contributed by atoms with Crippen LogP contribution >= 0.6 is 23.2 Å². The molecule has 1 aromatic rings. The molecular formula is C19H24Cl2N6O2. The van der Waals surface area contributed by atoms with Gasteiger partial charge in [-0.1, -0.05) is 29.3 Å². The van der Waals surface area contributed by atoms with E-state index in [0.717, 1.165) is 37.7 Å². The third kappa shape index (κ3) is 3.65. The van der Waals surface area contributed by atoms with Gasteiger partial charge in [0.15, 0.2) is 18.2 Å². The van der Waals surface area contributed by atoms with Crippen LogP contribution < -0.4 is 5.32 Å². The first-order valence-corrected chi connectivity index (χ1v) is 10.5. The molecule has 8 nitrogen and oxygen atoms in total. The number of guanidine groups is 1. The number of hydrogen-bond acceptors (Lipinski definition) is 6. The number of carbonyl (C=O) groups is 2. The van der Waals surface area contributed by atoms with Gasteiger partial charge in [-0.15, -0.1) is 0 Å². The van der Waals surface area contributed by atoms with Crippen LogP contribution in [0.25, 0.3) is 0 Å². The highest BCUT2D eigenvalue weighted by Gasteiger charge is 2.49. The molecule has 1 aromatic carbocycles. The van der Waals surface area contributed by atoms with Crippen LogP contribution in [-0.2, 0) is 11.3 Å². The van der Waals surface area contributed by atoms with Crippen LogP contribution in [0.15, 0.2) is 23.2 Å². The number of nitrogens with zero attached hydrogens (tertiary/aromatic N) is 5. The maximum absolute atomic E-state index is 12.4. The molecule has 3 amide bonds. The highest BCUT2D eigenvalue weighted by atomic mass is 35.5. The molecule has 0 spiro atoms. The molecule has 1 N–H and O–H groups in total. The predicted molar refractivity (Wildman–Crippen MR) is 112 cm³/mol. The Balaban J connectivity index is 1.45. The Morgan fingerprint density at radius 2 is 1.79 bits per heavy atom.